The molecule has 0 bridgehead atoms. The summed E-state index contributed by atoms with van der Waals surface area (Å²) in [6.45, 7) is 3.27. The van der Waals surface area contributed by atoms with Crippen LogP contribution in [0.3, 0.4) is 0 Å². The van der Waals surface area contributed by atoms with Gasteiger partial charge in [0.25, 0.3) is 5.91 Å². The Morgan fingerprint density at radius 1 is 1.41 bits per heavy atom. The van der Waals surface area contributed by atoms with Crippen LogP contribution in [0.2, 0.25) is 5.02 Å². The van der Waals surface area contributed by atoms with E-state index in [2.05, 4.69) is 5.32 Å². The van der Waals surface area contributed by atoms with E-state index in [1.807, 2.05) is 13.0 Å². The van der Waals surface area contributed by atoms with Crippen LogP contribution >= 0.6 is 11.6 Å². The summed E-state index contributed by atoms with van der Waals surface area (Å²) < 4.78 is 4.69. The smallest absolute Gasteiger partial charge is 0.306 e. The third-order valence-electron chi connectivity index (χ3n) is 2.05. The van der Waals surface area contributed by atoms with Crippen molar-refractivity contribution in [2.75, 3.05) is 11.9 Å². The Kier molecular flexibility index (Phi) is 4.97. The van der Waals surface area contributed by atoms with Gasteiger partial charge >= 0.3 is 5.97 Å². The molecule has 0 saturated carbocycles. The van der Waals surface area contributed by atoms with Crippen molar-refractivity contribution in [2.24, 2.45) is 0 Å². The molecule has 0 atom stereocenters. The number of rotatable bonds is 4. The number of esters is 1. The van der Waals surface area contributed by atoms with E-state index in [0.717, 1.165) is 5.56 Å². The van der Waals surface area contributed by atoms with Crippen LogP contribution in [0.25, 0.3) is 0 Å². The molecule has 1 amide bonds. The number of amides is 1. The number of nitrogens with one attached hydrogen (secondary N) is 1. The van der Waals surface area contributed by atoms with E-state index in [0.29, 0.717) is 10.7 Å². The number of anilines is 1. The molecule has 1 N–H and O–H groups in total. The van der Waals surface area contributed by atoms with Gasteiger partial charge in [0.1, 0.15) is 0 Å². The summed E-state index contributed by atoms with van der Waals surface area (Å²) in [7, 11) is 0. The fourth-order valence-corrected chi connectivity index (χ4v) is 1.44. The maximum absolute atomic E-state index is 11.4. The number of halogens is 1. The summed E-state index contributed by atoms with van der Waals surface area (Å²) in [5.41, 5.74) is 1.51. The van der Waals surface area contributed by atoms with E-state index in [-0.39, 0.29) is 13.0 Å². The van der Waals surface area contributed by atoms with Crippen molar-refractivity contribution in [3.8, 4) is 0 Å². The lowest BCUT2D eigenvalue weighted by molar-refractivity contribution is -0.146. The molecule has 0 heterocycles. The van der Waals surface area contributed by atoms with E-state index in [1.54, 1.807) is 19.1 Å². The second-order valence-electron chi connectivity index (χ2n) is 3.55. The summed E-state index contributed by atoms with van der Waals surface area (Å²) in [6.07, 6.45) is 0.249. The van der Waals surface area contributed by atoms with Crippen LogP contribution in [0.15, 0.2) is 18.2 Å². The number of hydrogen-bond acceptors (Lipinski definition) is 3. The maximum Gasteiger partial charge on any atom is 0.306 e. The van der Waals surface area contributed by atoms with Crippen LogP contribution < -0.4 is 5.32 Å². The molecule has 0 unspecified atom stereocenters. The number of carbonyl (C=O) groups is 2. The van der Waals surface area contributed by atoms with E-state index >= 15 is 0 Å². The third-order valence-corrected chi connectivity index (χ3v) is 2.36. The lowest BCUT2D eigenvalue weighted by Crippen LogP contribution is -2.20. The summed E-state index contributed by atoms with van der Waals surface area (Å²) in [6, 6.07) is 5.28. The van der Waals surface area contributed by atoms with Gasteiger partial charge in [-0.15, -0.1) is 0 Å². The van der Waals surface area contributed by atoms with Crippen LogP contribution in [0.5, 0.6) is 0 Å². The Balaban J connectivity index is 2.53. The minimum Gasteiger partial charge on any atom is -0.456 e. The number of benzene rings is 1. The molecular formula is C12H14ClNO3. The minimum absolute atomic E-state index is 0.249. The molecule has 4 nitrogen and oxygen atoms in total. The van der Waals surface area contributed by atoms with Crippen LogP contribution in [-0.2, 0) is 14.3 Å². The highest BCUT2D eigenvalue weighted by molar-refractivity contribution is 6.33. The highest BCUT2D eigenvalue weighted by atomic mass is 35.5. The van der Waals surface area contributed by atoms with Gasteiger partial charge in [-0.3, -0.25) is 9.59 Å². The molecular weight excluding hydrogens is 242 g/mol. The Bertz CT molecular complexity index is 432. The normalized spacial score (nSPS) is 9.82. The van der Waals surface area contributed by atoms with Crippen molar-refractivity contribution >= 4 is 29.2 Å². The van der Waals surface area contributed by atoms with Crippen molar-refractivity contribution < 1.29 is 14.3 Å². The number of carbonyl (C=O) groups excluding carboxylic acids is 2. The summed E-state index contributed by atoms with van der Waals surface area (Å²) in [4.78, 5) is 22.3. The average molecular weight is 256 g/mol. The van der Waals surface area contributed by atoms with Gasteiger partial charge in [0.15, 0.2) is 6.61 Å². The second kappa shape index (κ2) is 6.25. The zero-order valence-electron chi connectivity index (χ0n) is 9.75. The van der Waals surface area contributed by atoms with Crippen molar-refractivity contribution in [1.82, 2.24) is 0 Å². The topological polar surface area (TPSA) is 55.4 Å². The molecule has 0 aromatic heterocycles. The first-order valence-electron chi connectivity index (χ1n) is 5.24. The number of ether oxygens (including phenoxy) is 1. The molecule has 0 aliphatic carbocycles. The second-order valence-corrected chi connectivity index (χ2v) is 3.95. The van der Waals surface area contributed by atoms with E-state index in [1.165, 1.54) is 0 Å². The van der Waals surface area contributed by atoms with Gasteiger partial charge in [-0.25, -0.2) is 0 Å². The molecule has 1 aromatic carbocycles. The standard InChI is InChI=1S/C12H14ClNO3/c1-3-12(16)17-7-11(15)14-10-5-4-8(2)6-9(10)13/h4-6H,3,7H2,1-2H3,(H,14,15). The van der Waals surface area contributed by atoms with Gasteiger partial charge < -0.3 is 10.1 Å². The Morgan fingerprint density at radius 3 is 2.71 bits per heavy atom. The number of aryl methyl sites for hydroxylation is 1. The fourth-order valence-electron chi connectivity index (χ4n) is 1.16. The zero-order chi connectivity index (χ0) is 12.8. The highest BCUT2D eigenvalue weighted by Crippen LogP contribution is 2.22. The van der Waals surface area contributed by atoms with Crippen LogP contribution in [-0.4, -0.2) is 18.5 Å². The predicted molar refractivity (Wildman–Crippen MR) is 66.1 cm³/mol. The van der Waals surface area contributed by atoms with Gasteiger partial charge in [-0.2, -0.15) is 0 Å². The van der Waals surface area contributed by atoms with Crippen molar-refractivity contribution in [1.29, 1.82) is 0 Å². The van der Waals surface area contributed by atoms with Crippen LogP contribution in [0, 0.1) is 6.92 Å². The highest BCUT2D eigenvalue weighted by Gasteiger charge is 2.08. The van der Waals surface area contributed by atoms with Gasteiger partial charge in [-0.1, -0.05) is 24.6 Å². The lowest BCUT2D eigenvalue weighted by Gasteiger charge is -2.08. The molecule has 0 radical (unpaired) electrons. The molecule has 1 rings (SSSR count). The zero-order valence-corrected chi connectivity index (χ0v) is 10.5. The first-order valence-corrected chi connectivity index (χ1v) is 5.62. The maximum atomic E-state index is 11.4. The van der Waals surface area contributed by atoms with Gasteiger partial charge in [-0.05, 0) is 24.6 Å². The quantitative estimate of drug-likeness (QED) is 0.842. The van der Waals surface area contributed by atoms with E-state index in [9.17, 15) is 9.59 Å². The molecule has 0 aliphatic heterocycles. The molecule has 92 valence electrons. The molecule has 0 spiro atoms. The number of hydrogen-bond donors (Lipinski definition) is 1. The fraction of sp³-hybridized carbons (Fsp3) is 0.333. The van der Waals surface area contributed by atoms with Crippen molar-refractivity contribution in [3.63, 3.8) is 0 Å². The molecule has 1 aromatic rings. The molecule has 0 aliphatic rings. The van der Waals surface area contributed by atoms with Crippen LogP contribution in [0.4, 0.5) is 5.69 Å². The first-order chi connectivity index (χ1) is 8.02. The lowest BCUT2D eigenvalue weighted by atomic mass is 10.2. The van der Waals surface area contributed by atoms with Crippen molar-refractivity contribution in [2.45, 2.75) is 20.3 Å². The first kappa shape index (κ1) is 13.5. The summed E-state index contributed by atoms with van der Waals surface area (Å²) >= 11 is 5.94. The van der Waals surface area contributed by atoms with Crippen LogP contribution in [0.1, 0.15) is 18.9 Å². The summed E-state index contributed by atoms with van der Waals surface area (Å²) in [5.74, 6) is -0.812. The van der Waals surface area contributed by atoms with Crippen molar-refractivity contribution in [3.05, 3.63) is 28.8 Å². The third kappa shape index (κ3) is 4.44. The average Bonchev–Trinajstić information content (AvgIpc) is 2.29. The van der Waals surface area contributed by atoms with E-state index in [4.69, 9.17) is 16.3 Å². The van der Waals surface area contributed by atoms with Gasteiger partial charge in [0.05, 0.1) is 10.7 Å². The molecule has 17 heavy (non-hydrogen) atoms. The largest absolute Gasteiger partial charge is 0.456 e. The Labute approximate surface area is 105 Å². The van der Waals surface area contributed by atoms with Gasteiger partial charge in [0.2, 0.25) is 0 Å². The van der Waals surface area contributed by atoms with Gasteiger partial charge in [0, 0.05) is 6.42 Å². The minimum atomic E-state index is -0.407. The summed E-state index contributed by atoms with van der Waals surface area (Å²) in [5, 5.41) is 3.03. The molecule has 0 fully saturated rings. The Hall–Kier alpha value is -1.55. The predicted octanol–water partition coefficient (Wildman–Crippen LogP) is 2.54. The van der Waals surface area contributed by atoms with E-state index < -0.39 is 11.9 Å². The SMILES string of the molecule is CCC(=O)OCC(=O)Nc1ccc(C)cc1Cl. The molecule has 5 heteroatoms. The monoisotopic (exact) mass is 255 g/mol. The Morgan fingerprint density at radius 2 is 2.12 bits per heavy atom. The molecule has 0 saturated heterocycles.